The molecule has 0 spiro atoms. The Balaban J connectivity index is 0.00000120. The van der Waals surface area contributed by atoms with Crippen molar-refractivity contribution in [3.63, 3.8) is 0 Å². The summed E-state index contributed by atoms with van der Waals surface area (Å²) in [6.45, 7) is 2.89. The zero-order chi connectivity index (χ0) is 11.7. The van der Waals surface area contributed by atoms with E-state index in [1.807, 2.05) is 12.1 Å². The number of nitrogens with zero attached hydrogens (tertiary/aromatic N) is 1. The quantitative estimate of drug-likeness (QED) is 0.889. The average molecular weight is 271 g/mol. The minimum absolute atomic E-state index is 0. The highest BCUT2D eigenvalue weighted by Gasteiger charge is 2.29. The topological polar surface area (TPSA) is 15.3 Å². The second-order valence-corrected chi connectivity index (χ2v) is 5.25. The average Bonchev–Trinajstić information content (AvgIpc) is 2.65. The van der Waals surface area contributed by atoms with Crippen LogP contribution in [0.5, 0.6) is 0 Å². The van der Waals surface area contributed by atoms with Crippen LogP contribution in [0.15, 0.2) is 24.3 Å². The van der Waals surface area contributed by atoms with Crippen molar-refractivity contribution >= 4 is 12.4 Å². The first-order chi connectivity index (χ1) is 8.31. The summed E-state index contributed by atoms with van der Waals surface area (Å²) in [5.74, 6) is -0.0742. The van der Waals surface area contributed by atoms with Crippen molar-refractivity contribution in [3.8, 4) is 0 Å². The van der Waals surface area contributed by atoms with Crippen LogP contribution in [0.25, 0.3) is 0 Å². The maximum absolute atomic E-state index is 13.6. The predicted molar refractivity (Wildman–Crippen MR) is 73.5 cm³/mol. The molecule has 0 radical (unpaired) electrons. The predicted octanol–water partition coefficient (Wildman–Crippen LogP) is 2.57. The molecule has 2 saturated heterocycles. The van der Waals surface area contributed by atoms with Gasteiger partial charge in [-0.05, 0) is 25.3 Å². The van der Waals surface area contributed by atoms with Crippen LogP contribution in [0.1, 0.15) is 24.8 Å². The van der Waals surface area contributed by atoms with Crippen molar-refractivity contribution in [1.29, 1.82) is 0 Å². The normalized spacial score (nSPS) is 27.6. The molecule has 0 saturated carbocycles. The number of halogens is 2. The Bertz CT molecular complexity index is 399. The van der Waals surface area contributed by atoms with E-state index in [4.69, 9.17) is 0 Å². The Morgan fingerprint density at radius 2 is 1.94 bits per heavy atom. The van der Waals surface area contributed by atoms with Crippen molar-refractivity contribution in [3.05, 3.63) is 35.6 Å². The Morgan fingerprint density at radius 3 is 2.78 bits per heavy atom. The smallest absolute Gasteiger partial charge is 0.127 e. The zero-order valence-electron chi connectivity index (χ0n) is 10.4. The molecule has 0 amide bonds. The molecule has 2 bridgehead atoms. The van der Waals surface area contributed by atoms with Crippen molar-refractivity contribution in [2.24, 2.45) is 0 Å². The second kappa shape index (κ2) is 6.00. The van der Waals surface area contributed by atoms with Crippen LogP contribution < -0.4 is 5.32 Å². The number of nitrogens with one attached hydrogen (secondary N) is 1. The van der Waals surface area contributed by atoms with Gasteiger partial charge in [0.05, 0.1) is 0 Å². The summed E-state index contributed by atoms with van der Waals surface area (Å²) in [4.78, 5) is 2.38. The van der Waals surface area contributed by atoms with Gasteiger partial charge in [-0.2, -0.15) is 0 Å². The van der Waals surface area contributed by atoms with Crippen LogP contribution in [-0.4, -0.2) is 30.1 Å². The van der Waals surface area contributed by atoms with Gasteiger partial charge in [0, 0.05) is 37.3 Å². The molecule has 18 heavy (non-hydrogen) atoms. The van der Waals surface area contributed by atoms with Crippen LogP contribution in [0.4, 0.5) is 4.39 Å². The van der Waals surface area contributed by atoms with Gasteiger partial charge in [0.25, 0.3) is 0 Å². The standard InChI is InChI=1S/C14H19FN2.ClH/c15-14-4-2-1-3-11(14)9-17-8-7-12-5-6-13(10-17)16-12;/h1-4,12-13,16H,5-10H2;1H. The highest BCUT2D eigenvalue weighted by molar-refractivity contribution is 5.85. The van der Waals surface area contributed by atoms with Gasteiger partial charge in [-0.1, -0.05) is 18.2 Å². The van der Waals surface area contributed by atoms with Crippen molar-refractivity contribution in [1.82, 2.24) is 10.2 Å². The number of hydrogen-bond acceptors (Lipinski definition) is 2. The van der Waals surface area contributed by atoms with Crippen molar-refractivity contribution < 1.29 is 4.39 Å². The number of fused-ring (bicyclic) bond motifs is 2. The summed E-state index contributed by atoms with van der Waals surface area (Å²) in [5, 5.41) is 3.65. The molecule has 4 heteroatoms. The summed E-state index contributed by atoms with van der Waals surface area (Å²) in [6, 6.07) is 8.44. The fourth-order valence-corrected chi connectivity index (χ4v) is 3.03. The number of rotatable bonds is 2. The maximum Gasteiger partial charge on any atom is 0.127 e. The van der Waals surface area contributed by atoms with Crippen LogP contribution in [-0.2, 0) is 6.54 Å². The van der Waals surface area contributed by atoms with Crippen molar-refractivity contribution in [2.75, 3.05) is 13.1 Å². The third kappa shape index (κ3) is 3.02. The van der Waals surface area contributed by atoms with E-state index in [0.29, 0.717) is 12.1 Å². The molecule has 0 aromatic heterocycles. The van der Waals surface area contributed by atoms with Gasteiger partial charge in [-0.25, -0.2) is 4.39 Å². The molecular formula is C14H20ClFN2. The molecule has 2 heterocycles. The summed E-state index contributed by atoms with van der Waals surface area (Å²) in [7, 11) is 0. The fraction of sp³-hybridized carbons (Fsp3) is 0.571. The molecule has 2 nitrogen and oxygen atoms in total. The lowest BCUT2D eigenvalue weighted by Crippen LogP contribution is -2.35. The molecule has 1 aromatic carbocycles. The molecule has 3 rings (SSSR count). The lowest BCUT2D eigenvalue weighted by molar-refractivity contribution is 0.247. The summed E-state index contributed by atoms with van der Waals surface area (Å²) in [6.07, 6.45) is 3.79. The highest BCUT2D eigenvalue weighted by atomic mass is 35.5. The lowest BCUT2D eigenvalue weighted by Gasteiger charge is -2.24. The first-order valence-electron chi connectivity index (χ1n) is 6.53. The molecule has 1 N–H and O–H groups in total. The van der Waals surface area contributed by atoms with Crippen LogP contribution in [0.3, 0.4) is 0 Å². The number of hydrogen-bond donors (Lipinski definition) is 1. The third-order valence-electron chi connectivity index (χ3n) is 3.96. The summed E-state index contributed by atoms with van der Waals surface area (Å²) < 4.78 is 13.6. The molecule has 0 aliphatic carbocycles. The first kappa shape index (κ1) is 13.8. The van der Waals surface area contributed by atoms with E-state index in [2.05, 4.69) is 10.2 Å². The van der Waals surface area contributed by atoms with Gasteiger partial charge in [0.15, 0.2) is 0 Å². The minimum atomic E-state index is -0.0742. The minimum Gasteiger partial charge on any atom is -0.310 e. The molecule has 2 aliphatic rings. The number of likely N-dealkylation sites (tertiary alicyclic amines) is 1. The molecule has 2 fully saturated rings. The monoisotopic (exact) mass is 270 g/mol. The van der Waals surface area contributed by atoms with Gasteiger partial charge in [0.2, 0.25) is 0 Å². The number of benzene rings is 1. The second-order valence-electron chi connectivity index (χ2n) is 5.25. The lowest BCUT2D eigenvalue weighted by atomic mass is 10.1. The van der Waals surface area contributed by atoms with Crippen molar-refractivity contribution in [2.45, 2.75) is 37.9 Å². The molecule has 1 aromatic rings. The summed E-state index contributed by atoms with van der Waals surface area (Å²) in [5.41, 5.74) is 0.824. The highest BCUT2D eigenvalue weighted by Crippen LogP contribution is 2.21. The molecule has 2 aliphatic heterocycles. The molecule has 2 atom stereocenters. The zero-order valence-corrected chi connectivity index (χ0v) is 11.3. The molecule has 100 valence electrons. The van der Waals surface area contributed by atoms with Crippen LogP contribution >= 0.6 is 12.4 Å². The first-order valence-corrected chi connectivity index (χ1v) is 6.53. The van der Waals surface area contributed by atoms with E-state index in [-0.39, 0.29) is 18.2 Å². The van der Waals surface area contributed by atoms with Crippen LogP contribution in [0, 0.1) is 5.82 Å². The van der Waals surface area contributed by atoms with E-state index >= 15 is 0 Å². The van der Waals surface area contributed by atoms with Gasteiger partial charge >= 0.3 is 0 Å². The van der Waals surface area contributed by atoms with Gasteiger partial charge in [0.1, 0.15) is 5.82 Å². The maximum atomic E-state index is 13.6. The molecule has 2 unspecified atom stereocenters. The van der Waals surface area contributed by atoms with Crippen LogP contribution in [0.2, 0.25) is 0 Å². The SMILES string of the molecule is Cl.Fc1ccccc1CN1CCC2CCC(C1)N2. The van der Waals surface area contributed by atoms with E-state index < -0.39 is 0 Å². The Labute approximate surface area is 114 Å². The van der Waals surface area contributed by atoms with Gasteiger partial charge in [-0.15, -0.1) is 12.4 Å². The Morgan fingerprint density at radius 1 is 1.17 bits per heavy atom. The fourth-order valence-electron chi connectivity index (χ4n) is 3.03. The Hall–Kier alpha value is -0.640. The Kier molecular flexibility index (Phi) is 4.60. The van der Waals surface area contributed by atoms with E-state index in [9.17, 15) is 4.39 Å². The van der Waals surface area contributed by atoms with E-state index in [1.165, 1.54) is 19.3 Å². The van der Waals surface area contributed by atoms with E-state index in [1.54, 1.807) is 12.1 Å². The van der Waals surface area contributed by atoms with Gasteiger partial charge < -0.3 is 5.32 Å². The summed E-state index contributed by atoms with van der Waals surface area (Å²) >= 11 is 0. The van der Waals surface area contributed by atoms with Gasteiger partial charge in [-0.3, -0.25) is 4.90 Å². The van der Waals surface area contributed by atoms with E-state index in [0.717, 1.165) is 25.2 Å². The molecular weight excluding hydrogens is 251 g/mol. The largest absolute Gasteiger partial charge is 0.310 e. The third-order valence-corrected chi connectivity index (χ3v) is 3.96.